The molecule has 6 nitrogen and oxygen atoms in total. The van der Waals surface area contributed by atoms with Crippen LogP contribution in [0.2, 0.25) is 5.02 Å². The molecule has 1 unspecified atom stereocenters. The predicted octanol–water partition coefficient (Wildman–Crippen LogP) is 2.67. The van der Waals surface area contributed by atoms with Crippen LogP contribution in [0, 0.1) is 0 Å². The highest BCUT2D eigenvalue weighted by molar-refractivity contribution is 7.89. The number of anilines is 1. The van der Waals surface area contributed by atoms with E-state index >= 15 is 0 Å². The second-order valence-corrected chi connectivity index (χ2v) is 8.93. The average molecular weight is 408 g/mol. The van der Waals surface area contributed by atoms with Crippen LogP contribution >= 0.6 is 11.6 Å². The van der Waals surface area contributed by atoms with Crippen LogP contribution in [-0.2, 0) is 14.8 Å². The number of carbonyl (C=O) groups excluding carboxylic acids is 1. The Kier molecular flexibility index (Phi) is 6.16. The van der Waals surface area contributed by atoms with Crippen molar-refractivity contribution in [2.45, 2.75) is 17.9 Å². The molecule has 3 rings (SSSR count). The van der Waals surface area contributed by atoms with Gasteiger partial charge in [-0.2, -0.15) is 4.31 Å². The molecule has 2 aromatic carbocycles. The summed E-state index contributed by atoms with van der Waals surface area (Å²) in [5, 5.41) is 3.35. The molecule has 1 heterocycles. The number of para-hydroxylation sites is 1. The lowest BCUT2D eigenvalue weighted by Crippen LogP contribution is -2.55. The lowest BCUT2D eigenvalue weighted by Gasteiger charge is -2.38. The quantitative estimate of drug-likeness (QED) is 0.827. The zero-order valence-electron chi connectivity index (χ0n) is 15.0. The first-order valence-electron chi connectivity index (χ1n) is 8.71. The van der Waals surface area contributed by atoms with Gasteiger partial charge in [0, 0.05) is 36.4 Å². The molecule has 0 spiro atoms. The Bertz CT molecular complexity index is 888. The predicted molar refractivity (Wildman–Crippen MR) is 106 cm³/mol. The third kappa shape index (κ3) is 4.87. The maximum atomic E-state index is 12.8. The van der Waals surface area contributed by atoms with Gasteiger partial charge in [-0.1, -0.05) is 29.8 Å². The van der Waals surface area contributed by atoms with E-state index in [2.05, 4.69) is 5.32 Å². The van der Waals surface area contributed by atoms with E-state index in [0.29, 0.717) is 24.7 Å². The highest BCUT2D eigenvalue weighted by atomic mass is 35.5. The molecule has 1 amide bonds. The van der Waals surface area contributed by atoms with E-state index in [-0.39, 0.29) is 23.4 Å². The molecule has 1 fully saturated rings. The number of nitrogens with zero attached hydrogens (tertiary/aromatic N) is 2. The molecule has 1 N–H and O–H groups in total. The first-order valence-corrected chi connectivity index (χ1v) is 10.5. The fourth-order valence-corrected chi connectivity index (χ4v) is 4.72. The summed E-state index contributed by atoms with van der Waals surface area (Å²) in [4.78, 5) is 14.5. The van der Waals surface area contributed by atoms with E-state index in [1.54, 1.807) is 12.1 Å². The minimum Gasteiger partial charge on any atom is -0.325 e. The smallest absolute Gasteiger partial charge is 0.243 e. The summed E-state index contributed by atoms with van der Waals surface area (Å²) in [6, 6.07) is 15.4. The molecular weight excluding hydrogens is 386 g/mol. The summed E-state index contributed by atoms with van der Waals surface area (Å²) >= 11 is 5.84. The fourth-order valence-electron chi connectivity index (χ4n) is 3.08. The topological polar surface area (TPSA) is 69.7 Å². The van der Waals surface area contributed by atoms with Crippen LogP contribution in [0.25, 0.3) is 0 Å². The second-order valence-electron chi connectivity index (χ2n) is 6.55. The number of rotatable bonds is 5. The van der Waals surface area contributed by atoms with Crippen molar-refractivity contribution in [3.8, 4) is 0 Å². The van der Waals surface area contributed by atoms with Crippen molar-refractivity contribution >= 4 is 33.2 Å². The van der Waals surface area contributed by atoms with Crippen molar-refractivity contribution in [1.82, 2.24) is 9.21 Å². The Hall–Kier alpha value is -1.93. The normalized spacial score (nSPS) is 19.0. The van der Waals surface area contributed by atoms with Gasteiger partial charge in [0.2, 0.25) is 15.9 Å². The number of hydrogen-bond donors (Lipinski definition) is 1. The van der Waals surface area contributed by atoms with Gasteiger partial charge in [-0.05, 0) is 43.3 Å². The van der Waals surface area contributed by atoms with Crippen LogP contribution in [0.15, 0.2) is 59.5 Å². The monoisotopic (exact) mass is 407 g/mol. The standard InChI is InChI=1S/C19H22ClN3O3S/c1-15-13-23(27(25,26)18-9-7-16(20)8-10-18)12-11-22(15)14-19(24)21-17-5-3-2-4-6-17/h2-10,15H,11-14H2,1H3,(H,21,24). The van der Waals surface area contributed by atoms with Gasteiger partial charge < -0.3 is 5.32 Å². The molecule has 0 aromatic heterocycles. The van der Waals surface area contributed by atoms with Gasteiger partial charge in [-0.25, -0.2) is 8.42 Å². The molecule has 1 saturated heterocycles. The highest BCUT2D eigenvalue weighted by Gasteiger charge is 2.32. The van der Waals surface area contributed by atoms with Crippen molar-refractivity contribution in [3.05, 3.63) is 59.6 Å². The molecule has 0 saturated carbocycles. The number of piperazine rings is 1. The van der Waals surface area contributed by atoms with Crippen LogP contribution in [0.5, 0.6) is 0 Å². The number of halogens is 1. The molecular formula is C19H22ClN3O3S. The minimum absolute atomic E-state index is 0.0673. The molecule has 2 aromatic rings. The SMILES string of the molecule is CC1CN(S(=O)(=O)c2ccc(Cl)cc2)CCN1CC(=O)Nc1ccccc1. The van der Waals surface area contributed by atoms with Crippen LogP contribution in [-0.4, -0.2) is 55.8 Å². The van der Waals surface area contributed by atoms with Crippen LogP contribution in [0.4, 0.5) is 5.69 Å². The molecule has 1 aliphatic rings. The maximum Gasteiger partial charge on any atom is 0.243 e. The average Bonchev–Trinajstić information content (AvgIpc) is 2.64. The first-order chi connectivity index (χ1) is 12.9. The molecule has 0 aliphatic carbocycles. The van der Waals surface area contributed by atoms with Gasteiger partial charge in [-0.15, -0.1) is 0 Å². The third-order valence-corrected chi connectivity index (χ3v) is 6.71. The minimum atomic E-state index is -3.56. The summed E-state index contributed by atoms with van der Waals surface area (Å²) in [7, 11) is -3.56. The van der Waals surface area contributed by atoms with Gasteiger partial charge in [-0.3, -0.25) is 9.69 Å². The summed E-state index contributed by atoms with van der Waals surface area (Å²) in [5.74, 6) is -0.109. The van der Waals surface area contributed by atoms with Crippen LogP contribution in [0.1, 0.15) is 6.92 Å². The highest BCUT2D eigenvalue weighted by Crippen LogP contribution is 2.21. The van der Waals surface area contributed by atoms with E-state index in [0.717, 1.165) is 5.69 Å². The number of sulfonamides is 1. The van der Waals surface area contributed by atoms with E-state index in [1.807, 2.05) is 42.2 Å². The van der Waals surface area contributed by atoms with E-state index in [4.69, 9.17) is 11.6 Å². The zero-order chi connectivity index (χ0) is 19.4. The van der Waals surface area contributed by atoms with Crippen molar-refractivity contribution < 1.29 is 13.2 Å². The molecule has 144 valence electrons. The zero-order valence-corrected chi connectivity index (χ0v) is 16.6. The summed E-state index contributed by atoms with van der Waals surface area (Å²) in [6.45, 7) is 3.33. The number of benzene rings is 2. The van der Waals surface area contributed by atoms with Gasteiger partial charge in [0.25, 0.3) is 0 Å². The largest absolute Gasteiger partial charge is 0.325 e. The van der Waals surface area contributed by atoms with Crippen molar-refractivity contribution in [2.24, 2.45) is 0 Å². The van der Waals surface area contributed by atoms with Crippen LogP contribution < -0.4 is 5.32 Å². The number of hydrogen-bond acceptors (Lipinski definition) is 4. The Labute approximate surface area is 164 Å². The van der Waals surface area contributed by atoms with Gasteiger partial charge in [0.05, 0.1) is 11.4 Å². The van der Waals surface area contributed by atoms with E-state index in [9.17, 15) is 13.2 Å². The lowest BCUT2D eigenvalue weighted by atomic mass is 10.2. The number of carbonyl (C=O) groups is 1. The van der Waals surface area contributed by atoms with Gasteiger partial charge >= 0.3 is 0 Å². The molecule has 0 radical (unpaired) electrons. The number of nitrogens with one attached hydrogen (secondary N) is 1. The van der Waals surface area contributed by atoms with Crippen molar-refractivity contribution in [2.75, 3.05) is 31.5 Å². The van der Waals surface area contributed by atoms with Crippen LogP contribution in [0.3, 0.4) is 0 Å². The molecule has 27 heavy (non-hydrogen) atoms. The Morgan fingerprint density at radius 2 is 1.78 bits per heavy atom. The fraction of sp³-hybridized carbons (Fsp3) is 0.316. The third-order valence-electron chi connectivity index (χ3n) is 4.58. The van der Waals surface area contributed by atoms with Gasteiger partial charge in [0.1, 0.15) is 0 Å². The van der Waals surface area contributed by atoms with E-state index < -0.39 is 10.0 Å². The van der Waals surface area contributed by atoms with Crippen molar-refractivity contribution in [1.29, 1.82) is 0 Å². The summed E-state index contributed by atoms with van der Waals surface area (Å²) in [5.41, 5.74) is 0.749. The Morgan fingerprint density at radius 3 is 2.41 bits per heavy atom. The Balaban J connectivity index is 1.60. The summed E-state index contributed by atoms with van der Waals surface area (Å²) in [6.07, 6.45) is 0. The lowest BCUT2D eigenvalue weighted by molar-refractivity contribution is -0.118. The second kappa shape index (κ2) is 8.39. The molecule has 1 aliphatic heterocycles. The molecule has 1 atom stereocenters. The molecule has 8 heteroatoms. The number of amides is 1. The van der Waals surface area contributed by atoms with Crippen molar-refractivity contribution in [3.63, 3.8) is 0 Å². The first kappa shape index (κ1) is 19.8. The maximum absolute atomic E-state index is 12.8. The molecule has 0 bridgehead atoms. The Morgan fingerprint density at radius 1 is 1.11 bits per heavy atom. The van der Waals surface area contributed by atoms with Gasteiger partial charge in [0.15, 0.2) is 0 Å². The van der Waals surface area contributed by atoms with E-state index in [1.165, 1.54) is 16.4 Å². The summed E-state index contributed by atoms with van der Waals surface area (Å²) < 4.78 is 27.1.